The molecule has 0 radical (unpaired) electrons. The molecule has 0 aliphatic heterocycles. The molecule has 0 bridgehead atoms. The van der Waals surface area contributed by atoms with Crippen LogP contribution in [0, 0.1) is 5.92 Å². The summed E-state index contributed by atoms with van der Waals surface area (Å²) in [6.45, 7) is 5.15. The van der Waals surface area contributed by atoms with Crippen molar-refractivity contribution >= 4 is 0 Å². The lowest BCUT2D eigenvalue weighted by Gasteiger charge is -2.31. The fourth-order valence-electron chi connectivity index (χ4n) is 2.46. The van der Waals surface area contributed by atoms with E-state index in [-0.39, 0.29) is 0 Å². The highest BCUT2D eigenvalue weighted by Gasteiger charge is 2.22. The molecule has 2 atom stereocenters. The van der Waals surface area contributed by atoms with Crippen molar-refractivity contribution < 1.29 is 0 Å². The fraction of sp³-hybridized carbons (Fsp3) is 0.600. The molecule has 0 amide bonds. The lowest BCUT2D eigenvalue weighted by atomic mass is 9.89. The largest absolute Gasteiger partial charge is 0.330 e. The second-order valence-corrected chi connectivity index (χ2v) is 4.91. The average Bonchev–Trinajstić information content (AvgIpc) is 2.35. The van der Waals surface area contributed by atoms with E-state index in [9.17, 15) is 0 Å². The van der Waals surface area contributed by atoms with Crippen molar-refractivity contribution in [1.82, 2.24) is 4.90 Å². The number of nitrogens with zero attached hydrogens (tertiary/aromatic N) is 1. The maximum atomic E-state index is 5.89. The third-order valence-corrected chi connectivity index (χ3v) is 3.56. The number of hydrogen-bond donors (Lipinski definition) is 1. The summed E-state index contributed by atoms with van der Waals surface area (Å²) in [5.41, 5.74) is 8.66. The Morgan fingerprint density at radius 2 is 1.71 bits per heavy atom. The maximum Gasteiger partial charge on any atom is 0.0382 e. The van der Waals surface area contributed by atoms with E-state index in [1.165, 1.54) is 11.1 Å². The smallest absolute Gasteiger partial charge is 0.0382 e. The molecule has 1 aromatic rings. The molecule has 0 aliphatic rings. The summed E-state index contributed by atoms with van der Waals surface area (Å²) in [4.78, 5) is 2.28. The summed E-state index contributed by atoms with van der Waals surface area (Å²) < 4.78 is 0. The molecule has 0 aliphatic carbocycles. The lowest BCUT2D eigenvalue weighted by Crippen LogP contribution is -2.31. The zero-order valence-electron chi connectivity index (χ0n) is 11.6. The van der Waals surface area contributed by atoms with Crippen molar-refractivity contribution in [3.63, 3.8) is 0 Å². The summed E-state index contributed by atoms with van der Waals surface area (Å²) in [5, 5.41) is 0. The molecule has 2 heteroatoms. The van der Waals surface area contributed by atoms with Crippen molar-refractivity contribution in [3.8, 4) is 0 Å². The van der Waals surface area contributed by atoms with Gasteiger partial charge in [0.1, 0.15) is 0 Å². The highest BCUT2D eigenvalue weighted by atomic mass is 15.1. The van der Waals surface area contributed by atoms with Gasteiger partial charge in [0.2, 0.25) is 0 Å². The van der Waals surface area contributed by atoms with Gasteiger partial charge in [-0.15, -0.1) is 0 Å². The van der Waals surface area contributed by atoms with Crippen molar-refractivity contribution in [3.05, 3.63) is 35.4 Å². The highest BCUT2D eigenvalue weighted by molar-refractivity contribution is 5.25. The molecule has 2 nitrogen and oxygen atoms in total. The number of benzene rings is 1. The summed E-state index contributed by atoms with van der Waals surface area (Å²) in [7, 11) is 4.27. The van der Waals surface area contributed by atoms with Crippen LogP contribution in [0.2, 0.25) is 0 Å². The van der Waals surface area contributed by atoms with Crippen molar-refractivity contribution in [2.24, 2.45) is 11.7 Å². The number of rotatable bonds is 6. The zero-order valence-corrected chi connectivity index (χ0v) is 11.6. The van der Waals surface area contributed by atoms with E-state index in [1.54, 1.807) is 0 Å². The van der Waals surface area contributed by atoms with Crippen LogP contribution < -0.4 is 5.73 Å². The zero-order chi connectivity index (χ0) is 12.8. The first-order valence-corrected chi connectivity index (χ1v) is 6.59. The Balaban J connectivity index is 2.96. The van der Waals surface area contributed by atoms with Gasteiger partial charge >= 0.3 is 0 Å². The minimum atomic E-state index is 0.427. The number of nitrogens with two attached hydrogens (primary N) is 1. The van der Waals surface area contributed by atoms with Crippen molar-refractivity contribution in [2.75, 3.05) is 20.6 Å². The molecule has 0 fully saturated rings. The molecule has 0 heterocycles. The fourth-order valence-corrected chi connectivity index (χ4v) is 2.46. The lowest BCUT2D eigenvalue weighted by molar-refractivity contribution is 0.211. The third-order valence-electron chi connectivity index (χ3n) is 3.56. The molecule has 96 valence electrons. The predicted molar refractivity (Wildman–Crippen MR) is 75.1 cm³/mol. The molecule has 2 N–H and O–H groups in total. The first kappa shape index (κ1) is 14.2. The third kappa shape index (κ3) is 3.55. The molecule has 17 heavy (non-hydrogen) atoms. The second-order valence-electron chi connectivity index (χ2n) is 4.91. The summed E-state index contributed by atoms with van der Waals surface area (Å²) in [6.07, 6.45) is 2.22. The van der Waals surface area contributed by atoms with Gasteiger partial charge in [-0.1, -0.05) is 44.5 Å². The number of hydrogen-bond acceptors (Lipinski definition) is 2. The Kier molecular flexibility index (Phi) is 5.66. The minimum Gasteiger partial charge on any atom is -0.330 e. The quantitative estimate of drug-likeness (QED) is 0.820. The Hall–Kier alpha value is -0.860. The van der Waals surface area contributed by atoms with Gasteiger partial charge in [0.15, 0.2) is 0 Å². The van der Waals surface area contributed by atoms with Crippen molar-refractivity contribution in [2.45, 2.75) is 32.7 Å². The monoisotopic (exact) mass is 234 g/mol. The van der Waals surface area contributed by atoms with Gasteiger partial charge in [-0.05, 0) is 44.1 Å². The van der Waals surface area contributed by atoms with E-state index in [0.717, 1.165) is 19.4 Å². The molecule has 0 saturated carbocycles. The molecule has 2 unspecified atom stereocenters. The van der Waals surface area contributed by atoms with Crippen molar-refractivity contribution in [1.29, 1.82) is 0 Å². The van der Waals surface area contributed by atoms with Gasteiger partial charge in [-0.2, -0.15) is 0 Å². The van der Waals surface area contributed by atoms with Crippen LogP contribution in [0.5, 0.6) is 0 Å². The van der Waals surface area contributed by atoms with Crippen LogP contribution in [0.15, 0.2) is 24.3 Å². The molecule has 0 saturated heterocycles. The van der Waals surface area contributed by atoms with Crippen LogP contribution >= 0.6 is 0 Å². The first-order chi connectivity index (χ1) is 8.13. The Labute approximate surface area is 106 Å². The molecule has 1 aromatic carbocycles. The second kappa shape index (κ2) is 6.77. The van der Waals surface area contributed by atoms with Crippen LogP contribution in [0.4, 0.5) is 0 Å². The summed E-state index contributed by atoms with van der Waals surface area (Å²) >= 11 is 0. The van der Waals surface area contributed by atoms with Crippen LogP contribution in [0.1, 0.15) is 37.4 Å². The van der Waals surface area contributed by atoms with E-state index in [0.29, 0.717) is 12.0 Å². The van der Waals surface area contributed by atoms with Crippen LogP contribution in [0.25, 0.3) is 0 Å². The average molecular weight is 234 g/mol. The molecule has 0 spiro atoms. The van der Waals surface area contributed by atoms with Gasteiger partial charge < -0.3 is 10.6 Å². The summed E-state index contributed by atoms with van der Waals surface area (Å²) in [6, 6.07) is 9.39. The van der Waals surface area contributed by atoms with Gasteiger partial charge in [-0.3, -0.25) is 0 Å². The van der Waals surface area contributed by atoms with E-state index in [2.05, 4.69) is 57.1 Å². The SMILES string of the molecule is CCc1ccc(C(C(CC)CN)N(C)C)cc1. The van der Waals surface area contributed by atoms with Gasteiger partial charge in [0.25, 0.3) is 0 Å². The standard InChI is InChI=1S/C15H26N2/c1-5-12-7-9-14(10-8-12)15(17(3)4)13(6-2)11-16/h7-10,13,15H,5-6,11,16H2,1-4H3. The van der Waals surface area contributed by atoms with E-state index < -0.39 is 0 Å². The Morgan fingerprint density at radius 1 is 1.12 bits per heavy atom. The highest BCUT2D eigenvalue weighted by Crippen LogP contribution is 2.28. The van der Waals surface area contributed by atoms with Crippen LogP contribution in [0.3, 0.4) is 0 Å². The van der Waals surface area contributed by atoms with Gasteiger partial charge in [0, 0.05) is 6.04 Å². The normalized spacial score (nSPS) is 14.9. The molecular formula is C15H26N2. The maximum absolute atomic E-state index is 5.89. The molecule has 0 aromatic heterocycles. The molecular weight excluding hydrogens is 208 g/mol. The minimum absolute atomic E-state index is 0.427. The van der Waals surface area contributed by atoms with Gasteiger partial charge in [0.05, 0.1) is 0 Å². The van der Waals surface area contributed by atoms with Crippen LogP contribution in [-0.2, 0) is 6.42 Å². The topological polar surface area (TPSA) is 29.3 Å². The summed E-state index contributed by atoms with van der Waals surface area (Å²) in [5.74, 6) is 0.525. The Morgan fingerprint density at radius 3 is 2.06 bits per heavy atom. The van der Waals surface area contributed by atoms with E-state index >= 15 is 0 Å². The number of aryl methyl sites for hydroxylation is 1. The predicted octanol–water partition coefficient (Wildman–Crippen LogP) is 2.84. The molecule has 1 rings (SSSR count). The van der Waals surface area contributed by atoms with E-state index in [4.69, 9.17) is 5.73 Å². The van der Waals surface area contributed by atoms with Gasteiger partial charge in [-0.25, -0.2) is 0 Å². The first-order valence-electron chi connectivity index (χ1n) is 6.59. The Bertz CT molecular complexity index is 312. The van der Waals surface area contributed by atoms with Crippen LogP contribution in [-0.4, -0.2) is 25.5 Å². The van der Waals surface area contributed by atoms with E-state index in [1.807, 2.05) is 0 Å².